The molecular formula is C17H22F3N3O. The number of alkyl halides is 3. The third-order valence-corrected chi connectivity index (χ3v) is 4.14. The number of aliphatic hydroxyl groups excluding tert-OH is 1. The number of aryl methyl sites for hydroxylation is 1. The molecule has 24 heavy (non-hydrogen) atoms. The quantitative estimate of drug-likeness (QED) is 0.847. The monoisotopic (exact) mass is 341 g/mol. The highest BCUT2D eigenvalue weighted by Gasteiger charge is 2.30. The molecule has 0 fully saturated rings. The van der Waals surface area contributed by atoms with Gasteiger partial charge in [-0.2, -0.15) is 18.3 Å². The second-order valence-electron chi connectivity index (χ2n) is 5.82. The lowest BCUT2D eigenvalue weighted by Crippen LogP contribution is -2.19. The molecule has 1 aromatic carbocycles. The third-order valence-electron chi connectivity index (χ3n) is 4.14. The van der Waals surface area contributed by atoms with Crippen molar-refractivity contribution in [3.05, 3.63) is 52.3 Å². The van der Waals surface area contributed by atoms with Crippen molar-refractivity contribution in [2.45, 2.75) is 46.1 Å². The Morgan fingerprint density at radius 3 is 2.62 bits per heavy atom. The summed E-state index contributed by atoms with van der Waals surface area (Å²) in [6.07, 6.45) is -4.34. The minimum atomic E-state index is -4.34. The first-order chi connectivity index (χ1) is 11.2. The molecule has 0 spiro atoms. The van der Waals surface area contributed by atoms with Gasteiger partial charge in [0.15, 0.2) is 0 Å². The summed E-state index contributed by atoms with van der Waals surface area (Å²) in [5.74, 6) is 0. The Morgan fingerprint density at radius 2 is 2.00 bits per heavy atom. The highest BCUT2D eigenvalue weighted by Crippen LogP contribution is 2.30. The Bertz CT molecular complexity index is 695. The number of halogens is 3. The summed E-state index contributed by atoms with van der Waals surface area (Å²) < 4.78 is 40.2. The molecule has 0 aliphatic heterocycles. The van der Waals surface area contributed by atoms with Crippen LogP contribution in [-0.2, 0) is 19.3 Å². The molecule has 2 aromatic rings. The zero-order valence-electron chi connectivity index (χ0n) is 14.0. The molecule has 4 nitrogen and oxygen atoms in total. The lowest BCUT2D eigenvalue weighted by molar-refractivity contribution is -0.137. The second kappa shape index (κ2) is 7.36. The van der Waals surface area contributed by atoms with Crippen molar-refractivity contribution >= 4 is 0 Å². The van der Waals surface area contributed by atoms with E-state index in [1.807, 2.05) is 20.8 Å². The standard InChI is InChI=1S/C17H22F3N3O/c1-11(14-5-4-6-15(9-14)17(18,19)20)21-10-16-12(2)22-23(7-8-24)13(16)3/h4-6,9,11,21,24H,7-8,10H2,1-3H3. The lowest BCUT2D eigenvalue weighted by atomic mass is 10.0. The van der Waals surface area contributed by atoms with Crippen LogP contribution in [0.3, 0.4) is 0 Å². The first-order valence-corrected chi connectivity index (χ1v) is 7.78. The number of aliphatic hydroxyl groups is 1. The van der Waals surface area contributed by atoms with Crippen LogP contribution >= 0.6 is 0 Å². The highest BCUT2D eigenvalue weighted by molar-refractivity contribution is 5.29. The van der Waals surface area contributed by atoms with Crippen LogP contribution in [0.25, 0.3) is 0 Å². The van der Waals surface area contributed by atoms with Crippen LogP contribution < -0.4 is 5.32 Å². The maximum Gasteiger partial charge on any atom is 0.416 e. The van der Waals surface area contributed by atoms with Gasteiger partial charge in [-0.25, -0.2) is 0 Å². The SMILES string of the molecule is Cc1nn(CCO)c(C)c1CNC(C)c1cccc(C(F)(F)F)c1. The molecule has 0 saturated carbocycles. The van der Waals surface area contributed by atoms with E-state index in [0.29, 0.717) is 18.7 Å². The summed E-state index contributed by atoms with van der Waals surface area (Å²) in [6.45, 7) is 6.57. The number of benzene rings is 1. The van der Waals surface area contributed by atoms with Gasteiger partial charge in [-0.05, 0) is 38.5 Å². The molecular weight excluding hydrogens is 319 g/mol. The van der Waals surface area contributed by atoms with Crippen LogP contribution in [0.1, 0.15) is 41.0 Å². The molecule has 2 rings (SSSR count). The van der Waals surface area contributed by atoms with Crippen molar-refractivity contribution < 1.29 is 18.3 Å². The van der Waals surface area contributed by atoms with Crippen LogP contribution in [0.4, 0.5) is 13.2 Å². The summed E-state index contributed by atoms with van der Waals surface area (Å²) in [4.78, 5) is 0. The molecule has 1 atom stereocenters. The van der Waals surface area contributed by atoms with Gasteiger partial charge in [-0.1, -0.05) is 12.1 Å². The molecule has 1 unspecified atom stereocenters. The van der Waals surface area contributed by atoms with Crippen LogP contribution in [0, 0.1) is 13.8 Å². The Hall–Kier alpha value is -1.86. The van der Waals surface area contributed by atoms with E-state index in [1.54, 1.807) is 10.7 Å². The molecule has 0 aliphatic carbocycles. The number of rotatable bonds is 6. The molecule has 0 amide bonds. The van der Waals surface area contributed by atoms with Crippen molar-refractivity contribution in [2.24, 2.45) is 0 Å². The largest absolute Gasteiger partial charge is 0.416 e. The second-order valence-corrected chi connectivity index (χ2v) is 5.82. The zero-order valence-corrected chi connectivity index (χ0v) is 14.0. The average molecular weight is 341 g/mol. The third kappa shape index (κ3) is 4.15. The van der Waals surface area contributed by atoms with E-state index in [4.69, 9.17) is 5.11 Å². The maximum absolute atomic E-state index is 12.8. The van der Waals surface area contributed by atoms with E-state index in [-0.39, 0.29) is 12.6 Å². The average Bonchev–Trinajstić information content (AvgIpc) is 2.79. The molecule has 7 heteroatoms. The van der Waals surface area contributed by atoms with Gasteiger partial charge < -0.3 is 10.4 Å². The molecule has 0 aliphatic rings. The van der Waals surface area contributed by atoms with Crippen LogP contribution in [0.15, 0.2) is 24.3 Å². The first kappa shape index (κ1) is 18.5. The van der Waals surface area contributed by atoms with Gasteiger partial charge in [0.05, 0.1) is 24.4 Å². The number of hydrogen-bond donors (Lipinski definition) is 2. The fourth-order valence-corrected chi connectivity index (χ4v) is 2.66. The molecule has 1 heterocycles. The summed E-state index contributed by atoms with van der Waals surface area (Å²) in [5.41, 5.74) is 2.75. The van der Waals surface area contributed by atoms with Gasteiger partial charge in [0, 0.05) is 23.8 Å². The van der Waals surface area contributed by atoms with E-state index in [1.165, 1.54) is 12.1 Å². The Labute approximate surface area is 139 Å². The summed E-state index contributed by atoms with van der Waals surface area (Å²) >= 11 is 0. The summed E-state index contributed by atoms with van der Waals surface area (Å²) in [6, 6.07) is 5.12. The number of aromatic nitrogens is 2. The topological polar surface area (TPSA) is 50.1 Å². The molecule has 0 saturated heterocycles. The van der Waals surface area contributed by atoms with Crippen LogP contribution in [0.5, 0.6) is 0 Å². The van der Waals surface area contributed by atoms with Crippen molar-refractivity contribution in [3.63, 3.8) is 0 Å². The van der Waals surface area contributed by atoms with E-state index < -0.39 is 11.7 Å². The van der Waals surface area contributed by atoms with Gasteiger partial charge in [-0.15, -0.1) is 0 Å². The summed E-state index contributed by atoms with van der Waals surface area (Å²) in [5, 5.41) is 16.6. The maximum atomic E-state index is 12.8. The fourth-order valence-electron chi connectivity index (χ4n) is 2.66. The van der Waals surface area contributed by atoms with Gasteiger partial charge in [0.1, 0.15) is 0 Å². The molecule has 0 bridgehead atoms. The predicted octanol–water partition coefficient (Wildman–Crippen LogP) is 3.36. The van der Waals surface area contributed by atoms with Gasteiger partial charge >= 0.3 is 6.18 Å². The van der Waals surface area contributed by atoms with E-state index in [0.717, 1.165) is 23.0 Å². The summed E-state index contributed by atoms with van der Waals surface area (Å²) in [7, 11) is 0. The Morgan fingerprint density at radius 1 is 1.29 bits per heavy atom. The number of hydrogen-bond acceptors (Lipinski definition) is 3. The molecule has 1 aromatic heterocycles. The molecule has 2 N–H and O–H groups in total. The van der Waals surface area contributed by atoms with Crippen molar-refractivity contribution in [2.75, 3.05) is 6.61 Å². The molecule has 0 radical (unpaired) electrons. The van der Waals surface area contributed by atoms with E-state index in [2.05, 4.69) is 10.4 Å². The number of nitrogens with one attached hydrogen (secondary N) is 1. The Balaban J connectivity index is 2.10. The number of nitrogens with zero attached hydrogens (tertiary/aromatic N) is 2. The minimum absolute atomic E-state index is 0.00939. The normalized spacial score (nSPS) is 13.3. The van der Waals surface area contributed by atoms with E-state index in [9.17, 15) is 13.2 Å². The smallest absolute Gasteiger partial charge is 0.394 e. The molecule has 132 valence electrons. The van der Waals surface area contributed by atoms with Crippen LogP contribution in [0.2, 0.25) is 0 Å². The van der Waals surface area contributed by atoms with Gasteiger partial charge in [0.2, 0.25) is 0 Å². The lowest BCUT2D eigenvalue weighted by Gasteiger charge is -2.16. The Kier molecular flexibility index (Phi) is 5.66. The van der Waals surface area contributed by atoms with E-state index >= 15 is 0 Å². The zero-order chi connectivity index (χ0) is 17.9. The van der Waals surface area contributed by atoms with Crippen molar-refractivity contribution in [1.29, 1.82) is 0 Å². The fraction of sp³-hybridized carbons (Fsp3) is 0.471. The van der Waals surface area contributed by atoms with Crippen LogP contribution in [-0.4, -0.2) is 21.5 Å². The van der Waals surface area contributed by atoms with Gasteiger partial charge in [-0.3, -0.25) is 4.68 Å². The van der Waals surface area contributed by atoms with Crippen molar-refractivity contribution in [3.8, 4) is 0 Å². The first-order valence-electron chi connectivity index (χ1n) is 7.78. The van der Waals surface area contributed by atoms with Gasteiger partial charge in [0.25, 0.3) is 0 Å². The predicted molar refractivity (Wildman–Crippen MR) is 85.5 cm³/mol. The van der Waals surface area contributed by atoms with Crippen molar-refractivity contribution in [1.82, 2.24) is 15.1 Å². The highest BCUT2D eigenvalue weighted by atomic mass is 19.4. The minimum Gasteiger partial charge on any atom is -0.394 e.